The molecule has 0 spiro atoms. The summed E-state index contributed by atoms with van der Waals surface area (Å²) in [5, 5.41) is 12.1. The van der Waals surface area contributed by atoms with Crippen LogP contribution in [0.25, 0.3) is 10.9 Å². The molecule has 0 amide bonds. The molecule has 5 nitrogen and oxygen atoms in total. The van der Waals surface area contributed by atoms with Crippen LogP contribution >= 0.6 is 0 Å². The number of aromatic nitrogens is 1. The molecule has 2 N–H and O–H groups in total. The van der Waals surface area contributed by atoms with Crippen LogP contribution in [-0.4, -0.2) is 17.5 Å². The van der Waals surface area contributed by atoms with Crippen molar-refractivity contribution in [3.8, 4) is 0 Å². The number of nitrogens with zero attached hydrogens (tertiary/aromatic N) is 1. The third kappa shape index (κ3) is 2.52. The van der Waals surface area contributed by atoms with Crippen LogP contribution in [0.5, 0.6) is 0 Å². The van der Waals surface area contributed by atoms with Crippen molar-refractivity contribution in [3.63, 3.8) is 0 Å². The van der Waals surface area contributed by atoms with E-state index in [1.165, 1.54) is 0 Å². The average Bonchev–Trinajstić information content (AvgIpc) is 3.14. The van der Waals surface area contributed by atoms with Crippen LogP contribution < -0.4 is 10.6 Å². The third-order valence-electron chi connectivity index (χ3n) is 5.89. The van der Waals surface area contributed by atoms with E-state index in [4.69, 9.17) is 4.52 Å². The van der Waals surface area contributed by atoms with Crippen LogP contribution in [0.2, 0.25) is 0 Å². The van der Waals surface area contributed by atoms with E-state index in [-0.39, 0.29) is 17.6 Å². The van der Waals surface area contributed by atoms with Gasteiger partial charge in [0, 0.05) is 24.1 Å². The Morgan fingerprint density at radius 1 is 1.11 bits per heavy atom. The molecule has 27 heavy (non-hydrogen) atoms. The summed E-state index contributed by atoms with van der Waals surface area (Å²) in [7, 11) is 0. The summed E-state index contributed by atoms with van der Waals surface area (Å²) >= 11 is 0. The number of hydrogen-bond acceptors (Lipinski definition) is 5. The molecule has 1 fully saturated rings. The second kappa shape index (κ2) is 6.41. The van der Waals surface area contributed by atoms with Crippen molar-refractivity contribution in [2.75, 3.05) is 17.2 Å². The van der Waals surface area contributed by atoms with Crippen molar-refractivity contribution >= 4 is 33.7 Å². The molecule has 2 aliphatic carbocycles. The van der Waals surface area contributed by atoms with Gasteiger partial charge < -0.3 is 15.2 Å². The van der Waals surface area contributed by atoms with Gasteiger partial charge in [0.2, 0.25) is 0 Å². The summed E-state index contributed by atoms with van der Waals surface area (Å²) in [5.74, 6) is 1.33. The number of anilines is 3. The first-order chi connectivity index (χ1) is 13.3. The summed E-state index contributed by atoms with van der Waals surface area (Å²) in [5.41, 5.74) is 4.23. The molecule has 1 heterocycles. The summed E-state index contributed by atoms with van der Waals surface area (Å²) < 4.78 is 5.84. The summed E-state index contributed by atoms with van der Waals surface area (Å²) in [6.07, 6.45) is 4.20. The molecule has 3 aromatic rings. The van der Waals surface area contributed by atoms with Gasteiger partial charge >= 0.3 is 0 Å². The van der Waals surface area contributed by atoms with Crippen LogP contribution in [0, 0.1) is 5.92 Å². The lowest BCUT2D eigenvalue weighted by Gasteiger charge is -2.33. The first kappa shape index (κ1) is 16.4. The molecular weight excluding hydrogens is 338 g/mol. The number of hydrogen-bond donors (Lipinski definition) is 2. The fraction of sp³-hybridized carbons (Fsp3) is 0.364. The SMILES string of the molecule is CCNc1cc(Nc2ccccc2)c2c3c(onc13)[C@@H]1CCCC[C@H]1C2=O. The highest BCUT2D eigenvalue weighted by atomic mass is 16.5. The number of Topliss-reactive ketones (excluding diaryl/α,β-unsaturated/α-hetero) is 1. The Balaban J connectivity index is 1.74. The average molecular weight is 361 g/mol. The van der Waals surface area contributed by atoms with Gasteiger partial charge in [0.05, 0.1) is 22.3 Å². The number of ketones is 1. The van der Waals surface area contributed by atoms with Crippen molar-refractivity contribution in [1.82, 2.24) is 5.16 Å². The van der Waals surface area contributed by atoms with Crippen molar-refractivity contribution in [3.05, 3.63) is 47.7 Å². The number of carbonyl (C=O) groups excluding carboxylic acids is 1. The fourth-order valence-electron chi connectivity index (χ4n) is 4.70. The maximum Gasteiger partial charge on any atom is 0.169 e. The molecule has 1 aromatic heterocycles. The van der Waals surface area contributed by atoms with Crippen molar-refractivity contribution in [2.45, 2.75) is 38.5 Å². The molecule has 0 saturated heterocycles. The van der Waals surface area contributed by atoms with E-state index >= 15 is 0 Å². The highest BCUT2D eigenvalue weighted by Crippen LogP contribution is 2.50. The summed E-state index contributed by atoms with van der Waals surface area (Å²) in [4.78, 5) is 13.5. The van der Waals surface area contributed by atoms with Crippen molar-refractivity contribution < 1.29 is 9.32 Å². The fourth-order valence-corrected chi connectivity index (χ4v) is 4.70. The standard InChI is InChI=1S/C22H23N3O2/c1-2-23-17-12-16(24-13-8-4-3-5-9-13)18-19-20(17)25-27-22(19)15-11-7-6-10-14(15)21(18)26/h3-5,8-9,12,14-15,23-24H,2,6-7,10-11H2,1H3/t14-,15-/m1/s1. The Bertz CT molecular complexity index is 1010. The maximum absolute atomic E-state index is 13.5. The quantitative estimate of drug-likeness (QED) is 0.645. The normalized spacial score (nSPS) is 21.1. The summed E-state index contributed by atoms with van der Waals surface area (Å²) in [6, 6.07) is 12.0. The van der Waals surface area contributed by atoms with Gasteiger partial charge in [-0.05, 0) is 38.0 Å². The molecule has 138 valence electrons. The number of rotatable bonds is 4. The van der Waals surface area contributed by atoms with Crippen molar-refractivity contribution in [1.29, 1.82) is 0 Å². The third-order valence-corrected chi connectivity index (χ3v) is 5.89. The van der Waals surface area contributed by atoms with E-state index in [1.54, 1.807) is 0 Å². The zero-order valence-corrected chi connectivity index (χ0v) is 15.4. The molecule has 2 aliphatic rings. The Morgan fingerprint density at radius 2 is 1.89 bits per heavy atom. The lowest BCUT2D eigenvalue weighted by molar-refractivity contribution is 0.0849. The van der Waals surface area contributed by atoms with Crippen LogP contribution in [0.4, 0.5) is 17.1 Å². The second-order valence-corrected chi connectivity index (χ2v) is 7.50. The number of carbonyl (C=O) groups is 1. The molecule has 0 radical (unpaired) electrons. The van der Waals surface area contributed by atoms with Crippen LogP contribution in [-0.2, 0) is 0 Å². The Kier molecular flexibility index (Phi) is 3.88. The van der Waals surface area contributed by atoms with Gasteiger partial charge in [-0.1, -0.05) is 36.2 Å². The number of benzene rings is 2. The lowest BCUT2D eigenvalue weighted by atomic mass is 9.69. The molecule has 1 saturated carbocycles. The van der Waals surface area contributed by atoms with E-state index in [1.807, 2.05) is 36.4 Å². The first-order valence-corrected chi connectivity index (χ1v) is 9.84. The van der Waals surface area contributed by atoms with Crippen LogP contribution in [0.1, 0.15) is 54.6 Å². The Labute approximate surface area is 158 Å². The van der Waals surface area contributed by atoms with Crippen molar-refractivity contribution in [2.24, 2.45) is 5.92 Å². The van der Waals surface area contributed by atoms with Gasteiger partial charge in [0.1, 0.15) is 11.3 Å². The van der Waals surface area contributed by atoms with E-state index < -0.39 is 0 Å². The van der Waals surface area contributed by atoms with Crippen LogP contribution in [0.15, 0.2) is 40.9 Å². The van der Waals surface area contributed by atoms with Gasteiger partial charge in [0.25, 0.3) is 0 Å². The zero-order valence-electron chi connectivity index (χ0n) is 15.4. The van der Waals surface area contributed by atoms with Crippen LogP contribution in [0.3, 0.4) is 0 Å². The molecular formula is C22H23N3O2. The predicted octanol–water partition coefficient (Wildman–Crippen LogP) is 5.47. The number of para-hydroxylation sites is 1. The van der Waals surface area contributed by atoms with E-state index in [2.05, 4.69) is 22.7 Å². The smallest absolute Gasteiger partial charge is 0.169 e. The Hall–Kier alpha value is -2.82. The predicted molar refractivity (Wildman–Crippen MR) is 107 cm³/mol. The van der Waals surface area contributed by atoms with Gasteiger partial charge in [-0.25, -0.2) is 0 Å². The molecule has 0 aliphatic heterocycles. The number of nitrogens with one attached hydrogen (secondary N) is 2. The maximum atomic E-state index is 13.5. The minimum Gasteiger partial charge on any atom is -0.383 e. The van der Waals surface area contributed by atoms with Gasteiger partial charge in [-0.15, -0.1) is 0 Å². The van der Waals surface area contributed by atoms with E-state index in [0.717, 1.165) is 71.5 Å². The van der Waals surface area contributed by atoms with Gasteiger partial charge in [-0.2, -0.15) is 0 Å². The monoisotopic (exact) mass is 361 g/mol. The number of fused-ring (bicyclic) bond motifs is 2. The minimum atomic E-state index is 0.0173. The molecule has 2 atom stereocenters. The molecule has 0 unspecified atom stereocenters. The largest absolute Gasteiger partial charge is 0.383 e. The zero-order chi connectivity index (χ0) is 18.4. The highest BCUT2D eigenvalue weighted by molar-refractivity contribution is 6.18. The van der Waals surface area contributed by atoms with E-state index in [0.29, 0.717) is 0 Å². The Morgan fingerprint density at radius 3 is 2.67 bits per heavy atom. The molecule has 5 rings (SSSR count). The minimum absolute atomic E-state index is 0.0173. The lowest BCUT2D eigenvalue weighted by Crippen LogP contribution is -2.30. The topological polar surface area (TPSA) is 67.2 Å². The van der Waals surface area contributed by atoms with Gasteiger partial charge in [-0.3, -0.25) is 4.79 Å². The van der Waals surface area contributed by atoms with E-state index in [9.17, 15) is 4.79 Å². The highest BCUT2D eigenvalue weighted by Gasteiger charge is 2.43. The second-order valence-electron chi connectivity index (χ2n) is 7.50. The molecule has 2 aromatic carbocycles. The molecule has 5 heteroatoms. The molecule has 0 bridgehead atoms. The summed E-state index contributed by atoms with van der Waals surface area (Å²) in [6.45, 7) is 2.83. The van der Waals surface area contributed by atoms with Gasteiger partial charge in [0.15, 0.2) is 5.78 Å². The first-order valence-electron chi connectivity index (χ1n) is 9.84.